The third-order valence-corrected chi connectivity index (χ3v) is 8.15. The van der Waals surface area contributed by atoms with Gasteiger partial charge in [-0.05, 0) is 81.6 Å². The number of benzene rings is 2. The molecule has 2 N–H and O–H groups in total. The van der Waals surface area contributed by atoms with E-state index in [4.69, 9.17) is 9.47 Å². The maximum Gasteiger partial charge on any atom is 0.254 e. The molecule has 0 aromatic heterocycles. The first kappa shape index (κ1) is 25.0. The Balaban J connectivity index is 1.44. The van der Waals surface area contributed by atoms with Crippen molar-refractivity contribution in [1.29, 1.82) is 0 Å². The molecular weight excluding hydrogens is 442 g/mol. The van der Waals surface area contributed by atoms with Gasteiger partial charge in [-0.3, -0.25) is 9.59 Å². The highest BCUT2D eigenvalue weighted by atomic mass is 16.5. The fourth-order valence-electron chi connectivity index (χ4n) is 6.02. The quantitative estimate of drug-likeness (QED) is 0.623. The van der Waals surface area contributed by atoms with Gasteiger partial charge in [-0.25, -0.2) is 0 Å². The van der Waals surface area contributed by atoms with Crippen molar-refractivity contribution >= 4 is 11.8 Å². The van der Waals surface area contributed by atoms with Crippen molar-refractivity contribution in [2.24, 2.45) is 0 Å². The van der Waals surface area contributed by atoms with Gasteiger partial charge in [0.25, 0.3) is 11.8 Å². The van der Waals surface area contributed by atoms with Gasteiger partial charge in [-0.15, -0.1) is 0 Å². The number of carbonyl (C=O) groups excluding carboxylic acids is 2. The molecule has 1 aliphatic carbocycles. The third-order valence-electron chi connectivity index (χ3n) is 8.15. The highest BCUT2D eigenvalue weighted by molar-refractivity contribution is 5.98. The summed E-state index contributed by atoms with van der Waals surface area (Å²) >= 11 is 0. The molecule has 7 nitrogen and oxygen atoms in total. The number of likely N-dealkylation sites (tertiary alicyclic amines) is 1. The zero-order valence-electron chi connectivity index (χ0n) is 21.3. The molecule has 2 fully saturated rings. The molecule has 2 aromatic rings. The number of nitrogens with one attached hydrogen (secondary N) is 2. The molecular formula is C28H37N3O4. The standard InChI is InChI=1S/C28H37N3O4/c1-27-14-5-6-15-28(27,29-2)16-7-17-31(27)26(33)22-11-9-21(10-12-22)25(32)30-19-20-8-13-23(34-3)24(18-20)35-4/h8-13,18,29H,5-7,14-17,19H2,1-4H3,(H,30,32). The molecule has 4 rings (SSSR count). The molecule has 2 aliphatic rings. The molecule has 1 aliphatic heterocycles. The number of methoxy groups -OCH3 is 2. The van der Waals surface area contributed by atoms with E-state index in [0.717, 1.165) is 44.2 Å². The first-order valence-corrected chi connectivity index (χ1v) is 12.5. The van der Waals surface area contributed by atoms with Crippen LogP contribution in [0.3, 0.4) is 0 Å². The lowest BCUT2D eigenvalue weighted by atomic mass is 9.62. The molecule has 1 saturated carbocycles. The van der Waals surface area contributed by atoms with Crippen molar-refractivity contribution in [3.8, 4) is 11.5 Å². The molecule has 0 bridgehead atoms. The molecule has 2 atom stereocenters. The van der Waals surface area contributed by atoms with Gasteiger partial charge in [0.05, 0.1) is 19.8 Å². The van der Waals surface area contributed by atoms with E-state index in [1.54, 1.807) is 38.5 Å². The number of rotatable bonds is 7. The molecule has 35 heavy (non-hydrogen) atoms. The van der Waals surface area contributed by atoms with Gasteiger partial charge in [-0.1, -0.05) is 18.9 Å². The maximum absolute atomic E-state index is 13.6. The molecule has 7 heteroatoms. The summed E-state index contributed by atoms with van der Waals surface area (Å²) in [6.45, 7) is 3.38. The van der Waals surface area contributed by atoms with Crippen LogP contribution in [-0.2, 0) is 6.54 Å². The van der Waals surface area contributed by atoms with Crippen LogP contribution < -0.4 is 20.1 Å². The van der Waals surface area contributed by atoms with Crippen LogP contribution in [-0.4, -0.2) is 55.6 Å². The number of fused-ring (bicyclic) bond motifs is 1. The summed E-state index contributed by atoms with van der Waals surface area (Å²) < 4.78 is 10.6. The van der Waals surface area contributed by atoms with Crippen LogP contribution in [0, 0.1) is 0 Å². The van der Waals surface area contributed by atoms with Crippen LogP contribution in [0.15, 0.2) is 42.5 Å². The predicted octanol–water partition coefficient (Wildman–Crippen LogP) is 4.16. The van der Waals surface area contributed by atoms with E-state index in [1.807, 2.05) is 25.2 Å². The smallest absolute Gasteiger partial charge is 0.254 e. The van der Waals surface area contributed by atoms with Crippen molar-refractivity contribution in [1.82, 2.24) is 15.5 Å². The Bertz CT molecular complexity index is 1070. The average Bonchev–Trinajstić information content (AvgIpc) is 2.90. The number of amides is 2. The van der Waals surface area contributed by atoms with E-state index in [2.05, 4.69) is 22.5 Å². The first-order valence-electron chi connectivity index (χ1n) is 12.5. The highest BCUT2D eigenvalue weighted by Gasteiger charge is 2.55. The molecule has 2 aromatic carbocycles. The number of ether oxygens (including phenoxy) is 2. The second-order valence-electron chi connectivity index (χ2n) is 9.82. The van der Waals surface area contributed by atoms with Gasteiger partial charge in [0, 0.05) is 29.8 Å². The molecule has 2 unspecified atom stereocenters. The van der Waals surface area contributed by atoms with Crippen molar-refractivity contribution in [2.45, 2.75) is 63.1 Å². The fourth-order valence-corrected chi connectivity index (χ4v) is 6.02. The van der Waals surface area contributed by atoms with E-state index in [-0.39, 0.29) is 22.9 Å². The van der Waals surface area contributed by atoms with E-state index < -0.39 is 0 Å². The minimum absolute atomic E-state index is 0.0247. The zero-order chi connectivity index (χ0) is 25.1. The average molecular weight is 480 g/mol. The number of hydrogen-bond donors (Lipinski definition) is 2. The summed E-state index contributed by atoms with van der Waals surface area (Å²) in [4.78, 5) is 28.4. The second kappa shape index (κ2) is 10.3. The summed E-state index contributed by atoms with van der Waals surface area (Å²) in [6.07, 6.45) is 6.55. The van der Waals surface area contributed by atoms with Crippen molar-refractivity contribution in [3.63, 3.8) is 0 Å². The molecule has 0 spiro atoms. The lowest BCUT2D eigenvalue weighted by molar-refractivity contribution is -0.0396. The Morgan fingerprint density at radius 2 is 1.57 bits per heavy atom. The molecule has 1 heterocycles. The van der Waals surface area contributed by atoms with Gasteiger partial charge in [0.15, 0.2) is 11.5 Å². The van der Waals surface area contributed by atoms with Crippen molar-refractivity contribution < 1.29 is 19.1 Å². The van der Waals surface area contributed by atoms with Crippen LogP contribution in [0.25, 0.3) is 0 Å². The normalized spacial score (nSPS) is 23.8. The Labute approximate surface area is 208 Å². The number of nitrogens with zero attached hydrogens (tertiary/aromatic N) is 1. The van der Waals surface area contributed by atoms with Gasteiger partial charge >= 0.3 is 0 Å². The maximum atomic E-state index is 13.6. The van der Waals surface area contributed by atoms with Gasteiger partial charge in [0.1, 0.15) is 0 Å². The summed E-state index contributed by atoms with van der Waals surface area (Å²) in [5.41, 5.74) is 1.82. The number of likely N-dealkylation sites (N-methyl/N-ethyl adjacent to an activating group) is 1. The fraction of sp³-hybridized carbons (Fsp3) is 0.500. The van der Waals surface area contributed by atoms with Crippen molar-refractivity contribution in [3.05, 3.63) is 59.2 Å². The summed E-state index contributed by atoms with van der Waals surface area (Å²) in [5, 5.41) is 6.53. The van der Waals surface area contributed by atoms with Gasteiger partial charge in [-0.2, -0.15) is 0 Å². The van der Waals surface area contributed by atoms with E-state index in [0.29, 0.717) is 29.2 Å². The van der Waals surface area contributed by atoms with Crippen molar-refractivity contribution in [2.75, 3.05) is 27.8 Å². The van der Waals surface area contributed by atoms with Crippen LogP contribution in [0.1, 0.15) is 71.7 Å². The van der Waals surface area contributed by atoms with Gasteiger partial charge < -0.3 is 25.0 Å². The highest BCUT2D eigenvalue weighted by Crippen LogP contribution is 2.47. The van der Waals surface area contributed by atoms with E-state index in [1.165, 1.54) is 6.42 Å². The predicted molar refractivity (Wildman–Crippen MR) is 136 cm³/mol. The molecule has 2 amide bonds. The third kappa shape index (κ3) is 4.61. The Morgan fingerprint density at radius 3 is 2.26 bits per heavy atom. The molecule has 188 valence electrons. The number of hydrogen-bond acceptors (Lipinski definition) is 5. The van der Waals surface area contributed by atoms with E-state index in [9.17, 15) is 9.59 Å². The van der Waals surface area contributed by atoms with Gasteiger partial charge in [0.2, 0.25) is 0 Å². The van der Waals surface area contributed by atoms with Crippen LogP contribution in [0.4, 0.5) is 0 Å². The minimum Gasteiger partial charge on any atom is -0.493 e. The lowest BCUT2D eigenvalue weighted by Crippen LogP contribution is -2.72. The Morgan fingerprint density at radius 1 is 0.914 bits per heavy atom. The summed E-state index contributed by atoms with van der Waals surface area (Å²) in [6, 6.07) is 12.6. The monoisotopic (exact) mass is 479 g/mol. The second-order valence-corrected chi connectivity index (χ2v) is 9.82. The topological polar surface area (TPSA) is 79.9 Å². The zero-order valence-corrected chi connectivity index (χ0v) is 21.3. The summed E-state index contributed by atoms with van der Waals surface area (Å²) in [5.74, 6) is 1.12. The number of carbonyl (C=O) groups is 2. The first-order chi connectivity index (χ1) is 16.9. The van der Waals surface area contributed by atoms with Crippen LogP contribution in [0.2, 0.25) is 0 Å². The lowest BCUT2D eigenvalue weighted by Gasteiger charge is -2.60. The van der Waals surface area contributed by atoms with E-state index >= 15 is 0 Å². The Kier molecular flexibility index (Phi) is 7.36. The van der Waals surface area contributed by atoms with Crippen LogP contribution in [0.5, 0.6) is 11.5 Å². The number of piperidine rings is 1. The van der Waals surface area contributed by atoms with Crippen LogP contribution >= 0.6 is 0 Å². The SMILES string of the molecule is CNC12CCCCC1(C)N(C(=O)c1ccc(C(=O)NCc3ccc(OC)c(OC)c3)cc1)CCC2. The Hall–Kier alpha value is -3.06. The summed E-state index contributed by atoms with van der Waals surface area (Å²) in [7, 11) is 5.21. The molecule has 0 radical (unpaired) electrons. The minimum atomic E-state index is -0.204. The largest absolute Gasteiger partial charge is 0.493 e. The molecule has 1 saturated heterocycles.